The third-order valence-corrected chi connectivity index (χ3v) is 5.99. The summed E-state index contributed by atoms with van der Waals surface area (Å²) in [6, 6.07) is 0. The number of thiazole rings is 1. The first-order chi connectivity index (χ1) is 9.32. The van der Waals surface area contributed by atoms with Crippen LogP contribution in [0, 0.1) is 0 Å². The van der Waals surface area contributed by atoms with Crippen LogP contribution in [0.1, 0.15) is 25.5 Å². The van der Waals surface area contributed by atoms with E-state index in [2.05, 4.69) is 15.0 Å². The predicted molar refractivity (Wildman–Crippen MR) is 77.7 cm³/mol. The van der Waals surface area contributed by atoms with Gasteiger partial charge >= 0.3 is 5.97 Å². The molecular weight excluding hydrogens is 300 g/mol. The molecule has 1 unspecified atom stereocenters. The molecule has 2 rings (SSSR count). The highest BCUT2D eigenvalue weighted by molar-refractivity contribution is 7.91. The largest absolute Gasteiger partial charge is 0.469 e. The standard InChI is InChI=1S/C12H18N2O4S2/c1-12(5-6-20(16,17)8-12)14-11-13-9(7-19-11)3-4-10(15)18-2/h7H,3-6,8H2,1-2H3,(H,13,14). The van der Waals surface area contributed by atoms with E-state index in [0.717, 1.165) is 5.69 Å². The Morgan fingerprint density at radius 2 is 2.35 bits per heavy atom. The van der Waals surface area contributed by atoms with E-state index in [9.17, 15) is 13.2 Å². The lowest BCUT2D eigenvalue weighted by atomic mass is 10.0. The maximum atomic E-state index is 11.5. The molecule has 0 saturated carbocycles. The van der Waals surface area contributed by atoms with Gasteiger partial charge in [-0.1, -0.05) is 0 Å². The van der Waals surface area contributed by atoms with Crippen LogP contribution < -0.4 is 5.32 Å². The number of hydrogen-bond acceptors (Lipinski definition) is 7. The summed E-state index contributed by atoms with van der Waals surface area (Å²) in [6.07, 6.45) is 1.41. The Balaban J connectivity index is 1.95. The van der Waals surface area contributed by atoms with Crippen molar-refractivity contribution in [3.8, 4) is 0 Å². The number of carbonyl (C=O) groups excluding carboxylic acids is 1. The van der Waals surface area contributed by atoms with Gasteiger partial charge in [-0.05, 0) is 13.3 Å². The zero-order valence-electron chi connectivity index (χ0n) is 11.5. The first-order valence-electron chi connectivity index (χ1n) is 6.32. The lowest BCUT2D eigenvalue weighted by molar-refractivity contribution is -0.140. The van der Waals surface area contributed by atoms with Crippen LogP contribution in [0.2, 0.25) is 0 Å². The number of esters is 1. The molecule has 2 heterocycles. The molecule has 20 heavy (non-hydrogen) atoms. The van der Waals surface area contributed by atoms with Crippen molar-refractivity contribution >= 4 is 32.3 Å². The Kier molecular flexibility index (Phi) is 4.33. The fraction of sp³-hybridized carbons (Fsp3) is 0.667. The highest BCUT2D eigenvalue weighted by Crippen LogP contribution is 2.29. The molecule has 6 nitrogen and oxygen atoms in total. The van der Waals surface area contributed by atoms with Gasteiger partial charge in [0.1, 0.15) is 0 Å². The van der Waals surface area contributed by atoms with E-state index in [1.807, 2.05) is 12.3 Å². The number of nitrogens with zero attached hydrogens (tertiary/aromatic N) is 1. The second-order valence-corrected chi connectivity index (χ2v) is 8.29. The molecule has 1 aliphatic heterocycles. The van der Waals surface area contributed by atoms with E-state index in [-0.39, 0.29) is 17.5 Å². The lowest BCUT2D eigenvalue weighted by Crippen LogP contribution is -2.35. The number of carbonyl (C=O) groups is 1. The first kappa shape index (κ1) is 15.2. The Morgan fingerprint density at radius 3 is 2.95 bits per heavy atom. The zero-order chi connectivity index (χ0) is 14.8. The van der Waals surface area contributed by atoms with Gasteiger partial charge in [-0.15, -0.1) is 11.3 Å². The van der Waals surface area contributed by atoms with Gasteiger partial charge in [0, 0.05) is 11.8 Å². The molecule has 1 fully saturated rings. The van der Waals surface area contributed by atoms with E-state index in [4.69, 9.17) is 0 Å². The van der Waals surface area contributed by atoms with Crippen LogP contribution in [0.25, 0.3) is 0 Å². The van der Waals surface area contributed by atoms with Gasteiger partial charge in [-0.25, -0.2) is 13.4 Å². The van der Waals surface area contributed by atoms with Crippen LogP contribution in [-0.2, 0) is 25.8 Å². The number of methoxy groups -OCH3 is 1. The molecule has 8 heteroatoms. The number of aryl methyl sites for hydroxylation is 1. The van der Waals surface area contributed by atoms with Crippen LogP contribution in [0.15, 0.2) is 5.38 Å². The van der Waals surface area contributed by atoms with Crippen molar-refractivity contribution < 1.29 is 17.9 Å². The summed E-state index contributed by atoms with van der Waals surface area (Å²) in [6.45, 7) is 1.90. The molecule has 0 amide bonds. The SMILES string of the molecule is COC(=O)CCc1csc(NC2(C)CCS(=O)(=O)C2)n1. The Bertz CT molecular complexity index is 596. The fourth-order valence-electron chi connectivity index (χ4n) is 2.18. The quantitative estimate of drug-likeness (QED) is 0.822. The summed E-state index contributed by atoms with van der Waals surface area (Å²) < 4.78 is 27.7. The molecular formula is C12H18N2O4S2. The van der Waals surface area contributed by atoms with Crippen molar-refractivity contribution in [2.24, 2.45) is 0 Å². The molecule has 0 radical (unpaired) electrons. The molecule has 0 bridgehead atoms. The van der Waals surface area contributed by atoms with E-state index in [1.165, 1.54) is 18.4 Å². The number of rotatable bonds is 5. The van der Waals surface area contributed by atoms with E-state index in [0.29, 0.717) is 24.4 Å². The number of nitrogens with one attached hydrogen (secondary N) is 1. The van der Waals surface area contributed by atoms with Gasteiger partial charge < -0.3 is 10.1 Å². The summed E-state index contributed by atoms with van der Waals surface area (Å²) in [5, 5.41) is 5.78. The summed E-state index contributed by atoms with van der Waals surface area (Å²) >= 11 is 1.43. The number of ether oxygens (including phenoxy) is 1. The van der Waals surface area contributed by atoms with Crippen LogP contribution in [0.4, 0.5) is 5.13 Å². The maximum Gasteiger partial charge on any atom is 0.305 e. The first-order valence-corrected chi connectivity index (χ1v) is 9.02. The van der Waals surface area contributed by atoms with Crippen LogP contribution in [0.3, 0.4) is 0 Å². The van der Waals surface area contributed by atoms with Gasteiger partial charge in [-0.3, -0.25) is 4.79 Å². The lowest BCUT2D eigenvalue weighted by Gasteiger charge is -2.23. The van der Waals surface area contributed by atoms with E-state index < -0.39 is 15.4 Å². The Morgan fingerprint density at radius 1 is 1.60 bits per heavy atom. The smallest absolute Gasteiger partial charge is 0.305 e. The van der Waals surface area contributed by atoms with Gasteiger partial charge in [0.15, 0.2) is 15.0 Å². The van der Waals surface area contributed by atoms with Gasteiger partial charge in [0.05, 0.1) is 36.3 Å². The van der Waals surface area contributed by atoms with E-state index >= 15 is 0 Å². The second-order valence-electron chi connectivity index (χ2n) is 5.25. The molecule has 0 aromatic carbocycles. The minimum Gasteiger partial charge on any atom is -0.469 e. The molecule has 1 saturated heterocycles. The van der Waals surface area contributed by atoms with Crippen molar-refractivity contribution in [1.29, 1.82) is 0 Å². The van der Waals surface area contributed by atoms with Crippen LogP contribution in [-0.4, -0.2) is 43.5 Å². The molecule has 1 aromatic rings. The number of sulfone groups is 1. The number of hydrogen-bond donors (Lipinski definition) is 1. The average Bonchev–Trinajstić information content (AvgIpc) is 2.91. The molecule has 1 aliphatic rings. The highest BCUT2D eigenvalue weighted by Gasteiger charge is 2.38. The maximum absolute atomic E-state index is 11.5. The molecule has 0 spiro atoms. The molecule has 112 valence electrons. The predicted octanol–water partition coefficient (Wildman–Crippen LogP) is 1.24. The van der Waals surface area contributed by atoms with Crippen LogP contribution >= 0.6 is 11.3 Å². The average molecular weight is 318 g/mol. The monoisotopic (exact) mass is 318 g/mol. The topological polar surface area (TPSA) is 85.4 Å². The Labute approximate surface area is 122 Å². The number of aromatic nitrogens is 1. The summed E-state index contributed by atoms with van der Waals surface area (Å²) in [5.41, 5.74) is 0.364. The van der Waals surface area contributed by atoms with Crippen molar-refractivity contribution in [2.75, 3.05) is 23.9 Å². The summed E-state index contributed by atoms with van der Waals surface area (Å²) in [4.78, 5) is 15.4. The van der Waals surface area contributed by atoms with Crippen molar-refractivity contribution in [3.63, 3.8) is 0 Å². The highest BCUT2D eigenvalue weighted by atomic mass is 32.2. The van der Waals surface area contributed by atoms with Crippen molar-refractivity contribution in [3.05, 3.63) is 11.1 Å². The van der Waals surface area contributed by atoms with Gasteiger partial charge in [-0.2, -0.15) is 0 Å². The molecule has 1 N–H and O–H groups in total. The molecule has 1 atom stereocenters. The van der Waals surface area contributed by atoms with Gasteiger partial charge in [0.25, 0.3) is 0 Å². The number of anilines is 1. The minimum atomic E-state index is -2.94. The van der Waals surface area contributed by atoms with Crippen molar-refractivity contribution in [1.82, 2.24) is 4.98 Å². The third kappa shape index (κ3) is 3.92. The summed E-state index contributed by atoms with van der Waals surface area (Å²) in [7, 11) is -1.58. The normalized spacial score (nSPS) is 24.5. The summed E-state index contributed by atoms with van der Waals surface area (Å²) in [5.74, 6) is 0.0927. The van der Waals surface area contributed by atoms with E-state index in [1.54, 1.807) is 0 Å². The fourth-order valence-corrected chi connectivity index (χ4v) is 5.17. The second kappa shape index (κ2) is 5.69. The van der Waals surface area contributed by atoms with Crippen molar-refractivity contribution in [2.45, 2.75) is 31.7 Å². The molecule has 0 aliphatic carbocycles. The minimum absolute atomic E-state index is 0.136. The van der Waals surface area contributed by atoms with Crippen LogP contribution in [0.5, 0.6) is 0 Å². The Hall–Kier alpha value is -1.15. The van der Waals surface area contributed by atoms with Gasteiger partial charge in [0.2, 0.25) is 0 Å². The zero-order valence-corrected chi connectivity index (χ0v) is 13.1. The molecule has 1 aromatic heterocycles. The third-order valence-electron chi connectivity index (χ3n) is 3.28.